The van der Waals surface area contributed by atoms with Gasteiger partial charge in [-0.3, -0.25) is 4.79 Å². The standard InChI is InChI=1S/C16H11ClF3N5O2/c17-13-5-10(6-22-15(13)27-7-16(18,19)20)14(26)24-11-1-3-12(4-2-11)25-9-21-8-23-25/h1-6,8-9H,7H2,(H,24,26). The number of hydrogen-bond acceptors (Lipinski definition) is 5. The fraction of sp³-hybridized carbons (Fsp3) is 0.125. The number of hydrogen-bond donors (Lipinski definition) is 1. The third kappa shape index (κ3) is 4.94. The number of amides is 1. The molecule has 0 saturated heterocycles. The summed E-state index contributed by atoms with van der Waals surface area (Å²) in [6.07, 6.45) is -0.506. The topological polar surface area (TPSA) is 81.9 Å². The molecule has 1 amide bonds. The number of carbonyl (C=O) groups is 1. The number of ether oxygens (including phenoxy) is 1. The molecule has 11 heteroatoms. The van der Waals surface area contributed by atoms with Gasteiger partial charge in [-0.15, -0.1) is 0 Å². The van der Waals surface area contributed by atoms with Crippen LogP contribution in [0.5, 0.6) is 5.88 Å². The van der Waals surface area contributed by atoms with Crippen LogP contribution in [0.1, 0.15) is 10.4 Å². The number of rotatable bonds is 5. The molecule has 3 rings (SSSR count). The number of anilines is 1. The zero-order chi connectivity index (χ0) is 19.4. The van der Waals surface area contributed by atoms with Crippen molar-refractivity contribution in [2.24, 2.45) is 0 Å². The van der Waals surface area contributed by atoms with Gasteiger partial charge in [-0.2, -0.15) is 18.3 Å². The second-order valence-corrected chi connectivity index (χ2v) is 5.66. The van der Waals surface area contributed by atoms with Gasteiger partial charge < -0.3 is 10.1 Å². The molecule has 140 valence electrons. The first-order valence-corrected chi connectivity index (χ1v) is 7.81. The SMILES string of the molecule is O=C(Nc1ccc(-n2cncn2)cc1)c1cnc(OCC(F)(F)F)c(Cl)c1. The molecule has 2 aromatic heterocycles. The molecule has 0 radical (unpaired) electrons. The van der Waals surface area contributed by atoms with E-state index in [0.29, 0.717) is 5.69 Å². The molecule has 0 unspecified atom stereocenters. The van der Waals surface area contributed by atoms with E-state index in [9.17, 15) is 18.0 Å². The van der Waals surface area contributed by atoms with Gasteiger partial charge in [0.1, 0.15) is 17.7 Å². The summed E-state index contributed by atoms with van der Waals surface area (Å²) >= 11 is 5.83. The van der Waals surface area contributed by atoms with Crippen LogP contribution in [0, 0.1) is 0 Å². The number of carbonyl (C=O) groups excluding carboxylic acids is 1. The van der Waals surface area contributed by atoms with Gasteiger partial charge in [0.05, 0.1) is 11.3 Å². The summed E-state index contributed by atoms with van der Waals surface area (Å²) < 4.78 is 42.6. The highest BCUT2D eigenvalue weighted by Gasteiger charge is 2.29. The van der Waals surface area contributed by atoms with Crippen molar-refractivity contribution in [2.45, 2.75) is 6.18 Å². The largest absolute Gasteiger partial charge is 0.467 e. The lowest BCUT2D eigenvalue weighted by Crippen LogP contribution is -2.20. The van der Waals surface area contributed by atoms with Gasteiger partial charge >= 0.3 is 6.18 Å². The summed E-state index contributed by atoms with van der Waals surface area (Å²) in [5, 5.41) is 6.42. The summed E-state index contributed by atoms with van der Waals surface area (Å²) in [4.78, 5) is 19.7. The van der Waals surface area contributed by atoms with Gasteiger partial charge in [0.15, 0.2) is 6.61 Å². The van der Waals surface area contributed by atoms with Crippen LogP contribution in [0.3, 0.4) is 0 Å². The minimum atomic E-state index is -4.51. The van der Waals surface area contributed by atoms with Crippen molar-refractivity contribution in [1.82, 2.24) is 19.7 Å². The van der Waals surface area contributed by atoms with Gasteiger partial charge in [-0.05, 0) is 30.3 Å². The Labute approximate surface area is 155 Å². The quantitative estimate of drug-likeness (QED) is 0.712. The highest BCUT2D eigenvalue weighted by Crippen LogP contribution is 2.25. The average molecular weight is 398 g/mol. The molecule has 1 aromatic carbocycles. The molecule has 0 aliphatic heterocycles. The molecule has 0 atom stereocenters. The number of alkyl halides is 3. The third-order valence-corrected chi connectivity index (χ3v) is 3.52. The number of nitrogens with zero attached hydrogens (tertiary/aromatic N) is 4. The molecule has 7 nitrogen and oxygen atoms in total. The van der Waals surface area contributed by atoms with Gasteiger partial charge in [0.25, 0.3) is 5.91 Å². The lowest BCUT2D eigenvalue weighted by atomic mass is 10.2. The molecule has 2 heterocycles. The Morgan fingerprint density at radius 3 is 2.59 bits per heavy atom. The van der Waals surface area contributed by atoms with Crippen LogP contribution in [0.25, 0.3) is 5.69 Å². The van der Waals surface area contributed by atoms with Crippen molar-refractivity contribution >= 4 is 23.2 Å². The van der Waals surface area contributed by atoms with E-state index in [1.54, 1.807) is 28.9 Å². The zero-order valence-corrected chi connectivity index (χ0v) is 14.2. The lowest BCUT2D eigenvalue weighted by Gasteiger charge is -2.10. The average Bonchev–Trinajstić information content (AvgIpc) is 3.15. The maximum Gasteiger partial charge on any atom is 0.422 e. The third-order valence-electron chi connectivity index (χ3n) is 3.25. The molecule has 0 saturated carbocycles. The maximum atomic E-state index is 12.3. The number of benzene rings is 1. The summed E-state index contributed by atoms with van der Waals surface area (Å²) in [5.74, 6) is -0.928. The molecule has 1 N–H and O–H groups in total. The highest BCUT2D eigenvalue weighted by molar-refractivity contribution is 6.32. The van der Waals surface area contributed by atoms with E-state index >= 15 is 0 Å². The fourth-order valence-electron chi connectivity index (χ4n) is 2.05. The number of pyridine rings is 1. The number of halogens is 4. The summed E-state index contributed by atoms with van der Waals surface area (Å²) in [6, 6.07) is 7.95. The van der Waals surface area contributed by atoms with E-state index < -0.39 is 24.6 Å². The first-order chi connectivity index (χ1) is 12.8. The van der Waals surface area contributed by atoms with Gasteiger partial charge in [-0.25, -0.2) is 14.6 Å². The second kappa shape index (κ2) is 7.62. The van der Waals surface area contributed by atoms with Gasteiger partial charge in [-0.1, -0.05) is 11.6 Å². The minimum Gasteiger partial charge on any atom is -0.467 e. The van der Waals surface area contributed by atoms with E-state index in [-0.39, 0.29) is 10.6 Å². The predicted octanol–water partition coefficient (Wildman–Crippen LogP) is 3.51. The Bertz CT molecular complexity index is 930. The van der Waals surface area contributed by atoms with Crippen LogP contribution < -0.4 is 10.1 Å². The van der Waals surface area contributed by atoms with Crippen molar-refractivity contribution in [3.8, 4) is 11.6 Å². The van der Waals surface area contributed by atoms with Crippen molar-refractivity contribution in [3.63, 3.8) is 0 Å². The number of aromatic nitrogens is 4. The molecule has 27 heavy (non-hydrogen) atoms. The molecule has 0 spiro atoms. The molecule has 0 bridgehead atoms. The lowest BCUT2D eigenvalue weighted by molar-refractivity contribution is -0.154. The molecule has 0 fully saturated rings. The first-order valence-electron chi connectivity index (χ1n) is 7.43. The van der Waals surface area contributed by atoms with E-state index in [0.717, 1.165) is 11.9 Å². The van der Waals surface area contributed by atoms with E-state index in [1.807, 2.05) is 0 Å². The summed E-state index contributed by atoms with van der Waals surface area (Å²) in [7, 11) is 0. The van der Waals surface area contributed by atoms with E-state index in [2.05, 4.69) is 25.1 Å². The fourth-order valence-corrected chi connectivity index (χ4v) is 2.27. The van der Waals surface area contributed by atoms with Crippen LogP contribution in [0.2, 0.25) is 5.02 Å². The van der Waals surface area contributed by atoms with E-state index in [4.69, 9.17) is 11.6 Å². The molecule has 0 aliphatic rings. The van der Waals surface area contributed by atoms with Gasteiger partial charge in [0.2, 0.25) is 5.88 Å². The summed E-state index contributed by atoms with van der Waals surface area (Å²) in [5.41, 5.74) is 1.32. The first kappa shape index (κ1) is 18.6. The van der Waals surface area contributed by atoms with Crippen molar-refractivity contribution in [1.29, 1.82) is 0 Å². The van der Waals surface area contributed by atoms with Crippen LogP contribution in [-0.4, -0.2) is 38.4 Å². The smallest absolute Gasteiger partial charge is 0.422 e. The normalized spacial score (nSPS) is 11.3. The molecule has 3 aromatic rings. The molecule has 0 aliphatic carbocycles. The van der Waals surface area contributed by atoms with Crippen LogP contribution in [-0.2, 0) is 0 Å². The number of nitrogens with one attached hydrogen (secondary N) is 1. The van der Waals surface area contributed by atoms with Crippen LogP contribution in [0.15, 0.2) is 49.2 Å². The Morgan fingerprint density at radius 2 is 2.00 bits per heavy atom. The predicted molar refractivity (Wildman–Crippen MR) is 90.1 cm³/mol. The Balaban J connectivity index is 1.66. The van der Waals surface area contributed by atoms with E-state index in [1.165, 1.54) is 18.7 Å². The molecular formula is C16H11ClF3N5O2. The van der Waals surface area contributed by atoms with Crippen LogP contribution >= 0.6 is 11.6 Å². The summed E-state index contributed by atoms with van der Waals surface area (Å²) in [6.45, 7) is -1.52. The zero-order valence-electron chi connectivity index (χ0n) is 13.4. The van der Waals surface area contributed by atoms with Crippen molar-refractivity contribution in [3.05, 3.63) is 59.8 Å². The highest BCUT2D eigenvalue weighted by atomic mass is 35.5. The van der Waals surface area contributed by atoms with Crippen molar-refractivity contribution in [2.75, 3.05) is 11.9 Å². The maximum absolute atomic E-state index is 12.3. The Morgan fingerprint density at radius 1 is 1.26 bits per heavy atom. The monoisotopic (exact) mass is 397 g/mol. The van der Waals surface area contributed by atoms with Crippen molar-refractivity contribution < 1.29 is 22.7 Å². The Hall–Kier alpha value is -3.14. The Kier molecular flexibility index (Phi) is 5.26. The minimum absolute atomic E-state index is 0.0692. The van der Waals surface area contributed by atoms with Crippen LogP contribution in [0.4, 0.5) is 18.9 Å². The van der Waals surface area contributed by atoms with Gasteiger partial charge in [0, 0.05) is 11.9 Å². The molecular weight excluding hydrogens is 387 g/mol. The second-order valence-electron chi connectivity index (χ2n) is 5.26.